The summed E-state index contributed by atoms with van der Waals surface area (Å²) in [5, 5.41) is 2.85. The smallest absolute Gasteiger partial charge is 0.256 e. The molecule has 7 heteroatoms. The van der Waals surface area contributed by atoms with Gasteiger partial charge in [-0.3, -0.25) is 9.10 Å². The number of nitrogens with one attached hydrogen (secondary N) is 1. The van der Waals surface area contributed by atoms with Crippen LogP contribution >= 0.6 is 15.9 Å². The van der Waals surface area contributed by atoms with Gasteiger partial charge in [-0.05, 0) is 82.9 Å². The number of nitrogens with zero attached hydrogens (tertiary/aromatic N) is 1. The zero-order valence-electron chi connectivity index (χ0n) is 17.0. The Kier molecular flexibility index (Phi) is 6.63. The summed E-state index contributed by atoms with van der Waals surface area (Å²) in [6, 6.07) is 20.0. The molecule has 1 amide bonds. The molecule has 3 aromatic rings. The molecule has 0 heterocycles. The number of halogens is 1. The molecular formula is C23H23BrN2O3S. The van der Waals surface area contributed by atoms with Crippen LogP contribution in [-0.4, -0.2) is 20.6 Å². The number of hydrogen-bond donors (Lipinski definition) is 1. The van der Waals surface area contributed by atoms with Crippen molar-refractivity contribution >= 4 is 43.2 Å². The van der Waals surface area contributed by atoms with Crippen molar-refractivity contribution in [2.24, 2.45) is 0 Å². The highest BCUT2D eigenvalue weighted by Crippen LogP contribution is 2.24. The quantitative estimate of drug-likeness (QED) is 0.514. The Labute approximate surface area is 185 Å². The number of rotatable bonds is 6. The largest absolute Gasteiger partial charge is 0.322 e. The summed E-state index contributed by atoms with van der Waals surface area (Å²) in [6.45, 7) is 4.16. The second kappa shape index (κ2) is 9.02. The molecule has 3 rings (SSSR count). The monoisotopic (exact) mass is 486 g/mol. The summed E-state index contributed by atoms with van der Waals surface area (Å²) in [5.74, 6) is -0.219. The molecule has 3 aromatic carbocycles. The Morgan fingerprint density at radius 2 is 1.63 bits per heavy atom. The molecule has 1 N–H and O–H groups in total. The van der Waals surface area contributed by atoms with Gasteiger partial charge in [-0.25, -0.2) is 8.42 Å². The average molecular weight is 487 g/mol. The molecule has 0 bridgehead atoms. The van der Waals surface area contributed by atoms with Crippen LogP contribution in [0.15, 0.2) is 71.2 Å². The van der Waals surface area contributed by atoms with Crippen LogP contribution in [0.25, 0.3) is 0 Å². The van der Waals surface area contributed by atoms with Gasteiger partial charge in [-0.15, -0.1) is 0 Å². The average Bonchev–Trinajstić information content (AvgIpc) is 2.69. The van der Waals surface area contributed by atoms with Gasteiger partial charge in [-0.2, -0.15) is 0 Å². The van der Waals surface area contributed by atoms with E-state index in [-0.39, 0.29) is 12.5 Å². The summed E-state index contributed by atoms with van der Waals surface area (Å²) >= 11 is 3.38. The van der Waals surface area contributed by atoms with Crippen LogP contribution in [0.4, 0.5) is 11.4 Å². The minimum Gasteiger partial charge on any atom is -0.322 e. The molecule has 0 aliphatic heterocycles. The van der Waals surface area contributed by atoms with E-state index in [1.807, 2.05) is 56.3 Å². The van der Waals surface area contributed by atoms with Crippen LogP contribution in [0, 0.1) is 13.8 Å². The van der Waals surface area contributed by atoms with E-state index >= 15 is 0 Å². The van der Waals surface area contributed by atoms with E-state index in [0.29, 0.717) is 16.9 Å². The number of sulfonamides is 1. The lowest BCUT2D eigenvalue weighted by Crippen LogP contribution is -2.29. The van der Waals surface area contributed by atoms with E-state index in [1.165, 1.54) is 10.6 Å². The Hall–Kier alpha value is -2.64. The standard InChI is InChI=1S/C23H23BrN2O3S/c1-16-8-13-20(14-17(16)2)26(30(3,28)29)15-18-9-11-19(12-10-18)25-23(27)21-6-4-5-7-22(21)24/h4-14H,15H2,1-3H3,(H,25,27). The molecule has 0 aliphatic rings. The summed E-state index contributed by atoms with van der Waals surface area (Å²) in [7, 11) is -3.46. The molecule has 5 nitrogen and oxygen atoms in total. The van der Waals surface area contributed by atoms with Gasteiger partial charge in [0.15, 0.2) is 0 Å². The van der Waals surface area contributed by atoms with Crippen molar-refractivity contribution in [1.82, 2.24) is 0 Å². The van der Waals surface area contributed by atoms with Gasteiger partial charge < -0.3 is 5.32 Å². The lowest BCUT2D eigenvalue weighted by Gasteiger charge is -2.23. The minimum atomic E-state index is -3.46. The van der Waals surface area contributed by atoms with Crippen molar-refractivity contribution < 1.29 is 13.2 Å². The lowest BCUT2D eigenvalue weighted by atomic mass is 10.1. The van der Waals surface area contributed by atoms with Crippen molar-refractivity contribution in [2.45, 2.75) is 20.4 Å². The fraction of sp³-hybridized carbons (Fsp3) is 0.174. The zero-order chi connectivity index (χ0) is 21.9. The van der Waals surface area contributed by atoms with Gasteiger partial charge >= 0.3 is 0 Å². The van der Waals surface area contributed by atoms with Crippen LogP contribution in [-0.2, 0) is 16.6 Å². The Balaban J connectivity index is 1.78. The fourth-order valence-corrected chi connectivity index (χ4v) is 4.33. The maximum Gasteiger partial charge on any atom is 0.256 e. The van der Waals surface area contributed by atoms with Gasteiger partial charge in [0, 0.05) is 10.2 Å². The van der Waals surface area contributed by atoms with E-state index in [2.05, 4.69) is 21.2 Å². The van der Waals surface area contributed by atoms with E-state index in [4.69, 9.17) is 0 Å². The molecule has 156 valence electrons. The fourth-order valence-electron chi connectivity index (χ4n) is 2.98. The van der Waals surface area contributed by atoms with Crippen molar-refractivity contribution in [1.29, 1.82) is 0 Å². The van der Waals surface area contributed by atoms with Crippen LogP contribution in [0.1, 0.15) is 27.0 Å². The topological polar surface area (TPSA) is 66.5 Å². The zero-order valence-corrected chi connectivity index (χ0v) is 19.4. The normalized spacial score (nSPS) is 11.2. The number of anilines is 2. The Morgan fingerprint density at radius 1 is 0.967 bits per heavy atom. The first-order valence-electron chi connectivity index (χ1n) is 9.35. The summed E-state index contributed by atoms with van der Waals surface area (Å²) in [5.41, 5.74) is 4.77. The van der Waals surface area contributed by atoms with Crippen molar-refractivity contribution in [3.63, 3.8) is 0 Å². The Morgan fingerprint density at radius 3 is 2.23 bits per heavy atom. The SMILES string of the molecule is Cc1ccc(N(Cc2ccc(NC(=O)c3ccccc3Br)cc2)S(C)(=O)=O)cc1C. The van der Waals surface area contributed by atoms with Crippen LogP contribution in [0.3, 0.4) is 0 Å². The predicted octanol–water partition coefficient (Wildman–Crippen LogP) is 5.28. The molecule has 0 saturated heterocycles. The molecule has 0 aliphatic carbocycles. The predicted molar refractivity (Wildman–Crippen MR) is 125 cm³/mol. The number of carbonyl (C=O) groups is 1. The van der Waals surface area contributed by atoms with Crippen molar-refractivity contribution in [3.05, 3.63) is 93.5 Å². The van der Waals surface area contributed by atoms with E-state index in [1.54, 1.807) is 24.3 Å². The van der Waals surface area contributed by atoms with E-state index in [0.717, 1.165) is 21.2 Å². The number of aryl methyl sites for hydroxylation is 2. The first kappa shape index (κ1) is 22.1. The first-order chi connectivity index (χ1) is 14.1. The second-order valence-electron chi connectivity index (χ2n) is 7.17. The number of benzene rings is 3. The Bertz CT molecular complexity index is 1180. The summed E-state index contributed by atoms with van der Waals surface area (Å²) in [6.07, 6.45) is 1.20. The van der Waals surface area contributed by atoms with Crippen LogP contribution in [0.2, 0.25) is 0 Å². The highest BCUT2D eigenvalue weighted by molar-refractivity contribution is 9.10. The maximum absolute atomic E-state index is 12.4. The molecule has 0 aromatic heterocycles. The molecule has 0 fully saturated rings. The highest BCUT2D eigenvalue weighted by atomic mass is 79.9. The third-order valence-corrected chi connectivity index (χ3v) is 6.67. The van der Waals surface area contributed by atoms with E-state index in [9.17, 15) is 13.2 Å². The van der Waals surface area contributed by atoms with Crippen LogP contribution < -0.4 is 9.62 Å². The molecule has 0 atom stereocenters. The third-order valence-electron chi connectivity index (χ3n) is 4.84. The number of carbonyl (C=O) groups excluding carboxylic acids is 1. The summed E-state index contributed by atoms with van der Waals surface area (Å²) in [4.78, 5) is 12.4. The number of amides is 1. The van der Waals surface area contributed by atoms with Gasteiger partial charge in [-0.1, -0.05) is 30.3 Å². The highest BCUT2D eigenvalue weighted by Gasteiger charge is 2.18. The first-order valence-corrected chi connectivity index (χ1v) is 12.0. The van der Waals surface area contributed by atoms with Crippen molar-refractivity contribution in [3.8, 4) is 0 Å². The molecule has 0 radical (unpaired) electrons. The molecule has 0 saturated carbocycles. The molecule has 0 unspecified atom stereocenters. The summed E-state index contributed by atoms with van der Waals surface area (Å²) < 4.78 is 26.9. The van der Waals surface area contributed by atoms with Gasteiger partial charge in [0.1, 0.15) is 0 Å². The van der Waals surface area contributed by atoms with Crippen LogP contribution in [0.5, 0.6) is 0 Å². The third kappa shape index (κ3) is 5.29. The van der Waals surface area contributed by atoms with Gasteiger partial charge in [0.2, 0.25) is 10.0 Å². The molecule has 30 heavy (non-hydrogen) atoms. The maximum atomic E-state index is 12.4. The lowest BCUT2D eigenvalue weighted by molar-refractivity contribution is 0.102. The van der Waals surface area contributed by atoms with Gasteiger partial charge in [0.05, 0.1) is 24.1 Å². The molecule has 0 spiro atoms. The molecular weight excluding hydrogens is 464 g/mol. The number of hydrogen-bond acceptors (Lipinski definition) is 3. The van der Waals surface area contributed by atoms with E-state index < -0.39 is 10.0 Å². The second-order valence-corrected chi connectivity index (χ2v) is 9.93. The van der Waals surface area contributed by atoms with Crippen molar-refractivity contribution in [2.75, 3.05) is 15.9 Å². The minimum absolute atomic E-state index is 0.208. The van der Waals surface area contributed by atoms with Gasteiger partial charge in [0.25, 0.3) is 5.91 Å².